The van der Waals surface area contributed by atoms with Gasteiger partial charge in [-0.25, -0.2) is 0 Å². The first-order chi connectivity index (χ1) is 9.57. The van der Waals surface area contributed by atoms with E-state index >= 15 is 0 Å². The lowest BCUT2D eigenvalue weighted by Gasteiger charge is -2.49. The highest BCUT2D eigenvalue weighted by Gasteiger charge is 2.38. The van der Waals surface area contributed by atoms with Crippen LogP contribution in [-0.2, 0) is 13.6 Å². The maximum absolute atomic E-state index is 4.31. The molecule has 0 amide bonds. The normalized spacial score (nSPS) is 25.3. The number of piperazine rings is 1. The van der Waals surface area contributed by atoms with Crippen LogP contribution in [0.1, 0.15) is 47.1 Å². The number of hydrogen-bond acceptors (Lipinski definition) is 3. The van der Waals surface area contributed by atoms with Gasteiger partial charge < -0.3 is 5.32 Å². The van der Waals surface area contributed by atoms with E-state index in [-0.39, 0.29) is 10.8 Å². The molecule has 1 aromatic rings. The average Bonchev–Trinajstić information content (AvgIpc) is 2.72. The molecule has 0 aromatic carbocycles. The molecule has 2 unspecified atom stereocenters. The minimum atomic E-state index is 0.276. The quantitative estimate of drug-likeness (QED) is 0.910. The van der Waals surface area contributed by atoms with Crippen LogP contribution in [0.4, 0.5) is 0 Å². The van der Waals surface area contributed by atoms with Crippen LogP contribution in [-0.4, -0.2) is 39.9 Å². The van der Waals surface area contributed by atoms with Gasteiger partial charge in [0.1, 0.15) is 0 Å². The van der Waals surface area contributed by atoms with E-state index in [4.69, 9.17) is 0 Å². The van der Waals surface area contributed by atoms with Crippen molar-refractivity contribution in [2.45, 2.75) is 60.2 Å². The molecule has 0 saturated carbocycles. The highest BCUT2D eigenvalue weighted by molar-refractivity contribution is 5.06. The number of rotatable bonds is 2. The fourth-order valence-electron chi connectivity index (χ4n) is 3.21. The number of aryl methyl sites for hydroxylation is 1. The minimum absolute atomic E-state index is 0.276. The summed E-state index contributed by atoms with van der Waals surface area (Å²) < 4.78 is 1.89. The maximum Gasteiger partial charge on any atom is 0.0534 e. The lowest BCUT2D eigenvalue weighted by Crippen LogP contribution is -2.63. The molecule has 0 radical (unpaired) electrons. The third-order valence-corrected chi connectivity index (χ3v) is 4.60. The van der Waals surface area contributed by atoms with Gasteiger partial charge in [0.05, 0.1) is 6.20 Å². The van der Waals surface area contributed by atoms with E-state index in [2.05, 4.69) is 63.1 Å². The van der Waals surface area contributed by atoms with Crippen LogP contribution in [0.15, 0.2) is 12.4 Å². The van der Waals surface area contributed by atoms with Crippen LogP contribution in [0.25, 0.3) is 0 Å². The maximum atomic E-state index is 4.31. The van der Waals surface area contributed by atoms with Gasteiger partial charge in [-0.1, -0.05) is 41.5 Å². The van der Waals surface area contributed by atoms with Crippen LogP contribution >= 0.6 is 0 Å². The Balaban J connectivity index is 2.16. The van der Waals surface area contributed by atoms with Crippen molar-refractivity contribution in [1.82, 2.24) is 20.0 Å². The third-order valence-electron chi connectivity index (χ3n) is 4.60. The van der Waals surface area contributed by atoms with Crippen LogP contribution in [0.3, 0.4) is 0 Å². The lowest BCUT2D eigenvalue weighted by atomic mass is 9.79. The molecule has 120 valence electrons. The number of nitrogens with one attached hydrogen (secondary N) is 1. The monoisotopic (exact) mass is 292 g/mol. The van der Waals surface area contributed by atoms with Crippen molar-refractivity contribution in [2.75, 3.05) is 13.1 Å². The molecule has 1 aromatic heterocycles. The molecule has 2 atom stereocenters. The topological polar surface area (TPSA) is 33.1 Å². The van der Waals surface area contributed by atoms with E-state index in [1.165, 1.54) is 5.56 Å². The van der Waals surface area contributed by atoms with E-state index in [9.17, 15) is 0 Å². The molecule has 1 aliphatic heterocycles. The molecule has 0 spiro atoms. The Morgan fingerprint density at radius 3 is 2.33 bits per heavy atom. The van der Waals surface area contributed by atoms with Crippen molar-refractivity contribution >= 4 is 0 Å². The third kappa shape index (κ3) is 4.07. The van der Waals surface area contributed by atoms with Crippen molar-refractivity contribution in [3.63, 3.8) is 0 Å². The van der Waals surface area contributed by atoms with Gasteiger partial charge in [-0.3, -0.25) is 9.58 Å². The Morgan fingerprint density at radius 2 is 1.86 bits per heavy atom. The Morgan fingerprint density at radius 1 is 1.19 bits per heavy atom. The number of aromatic nitrogens is 2. The summed E-state index contributed by atoms with van der Waals surface area (Å²) in [5.74, 6) is 0. The summed E-state index contributed by atoms with van der Waals surface area (Å²) in [5.41, 5.74) is 1.87. The zero-order chi connectivity index (χ0) is 15.8. The van der Waals surface area contributed by atoms with Gasteiger partial charge in [-0.05, 0) is 10.8 Å². The molecule has 4 nitrogen and oxygen atoms in total. The van der Waals surface area contributed by atoms with Crippen LogP contribution < -0.4 is 5.32 Å². The Kier molecular flexibility index (Phi) is 4.50. The molecule has 1 N–H and O–H groups in total. The molecule has 0 bridgehead atoms. The van der Waals surface area contributed by atoms with Gasteiger partial charge in [0.15, 0.2) is 0 Å². The summed E-state index contributed by atoms with van der Waals surface area (Å²) in [6.45, 7) is 17.1. The molecule has 1 aliphatic rings. The van der Waals surface area contributed by atoms with Gasteiger partial charge in [0.25, 0.3) is 0 Å². The van der Waals surface area contributed by atoms with E-state index in [1.54, 1.807) is 0 Å². The molecule has 1 fully saturated rings. The van der Waals surface area contributed by atoms with Gasteiger partial charge in [0, 0.05) is 50.5 Å². The second-order valence-electron chi connectivity index (χ2n) is 8.66. The highest BCUT2D eigenvalue weighted by Crippen LogP contribution is 2.31. The first kappa shape index (κ1) is 16.5. The smallest absolute Gasteiger partial charge is 0.0534 e. The van der Waals surface area contributed by atoms with Crippen molar-refractivity contribution < 1.29 is 0 Å². The summed E-state index contributed by atoms with van der Waals surface area (Å²) in [5, 5.41) is 8.09. The second kappa shape index (κ2) is 5.73. The fourth-order valence-corrected chi connectivity index (χ4v) is 3.21. The molecule has 1 saturated heterocycles. The molecule has 0 aliphatic carbocycles. The van der Waals surface area contributed by atoms with Crippen LogP contribution in [0.2, 0.25) is 0 Å². The fraction of sp³-hybridized carbons (Fsp3) is 0.824. The standard InChI is InChI=1S/C17H32N4/c1-16(2,3)14-12-21(11-13-8-19-20(7)10-13)15(9-18-14)17(4,5)6/h8,10,14-15,18H,9,11-12H2,1-7H3. The predicted molar refractivity (Wildman–Crippen MR) is 88.1 cm³/mol. The summed E-state index contributed by atoms with van der Waals surface area (Å²) in [4.78, 5) is 2.64. The van der Waals surface area contributed by atoms with Gasteiger partial charge in [-0.2, -0.15) is 5.10 Å². The van der Waals surface area contributed by atoms with Gasteiger partial charge in [-0.15, -0.1) is 0 Å². The van der Waals surface area contributed by atoms with E-state index in [1.807, 2.05) is 17.9 Å². The van der Waals surface area contributed by atoms with E-state index in [0.29, 0.717) is 12.1 Å². The largest absolute Gasteiger partial charge is 0.311 e. The average molecular weight is 292 g/mol. The first-order valence-electron chi connectivity index (χ1n) is 8.02. The molecule has 4 heteroatoms. The molecular weight excluding hydrogens is 260 g/mol. The number of hydrogen-bond donors (Lipinski definition) is 1. The van der Waals surface area contributed by atoms with Gasteiger partial charge >= 0.3 is 0 Å². The Bertz CT molecular complexity index is 464. The highest BCUT2D eigenvalue weighted by atomic mass is 15.3. The van der Waals surface area contributed by atoms with Crippen molar-refractivity contribution in [3.05, 3.63) is 18.0 Å². The zero-order valence-corrected chi connectivity index (χ0v) is 14.8. The van der Waals surface area contributed by atoms with Crippen LogP contribution in [0.5, 0.6) is 0 Å². The Labute approximate surface area is 129 Å². The van der Waals surface area contributed by atoms with Gasteiger partial charge in [0.2, 0.25) is 0 Å². The van der Waals surface area contributed by atoms with Crippen molar-refractivity contribution in [3.8, 4) is 0 Å². The molecule has 2 rings (SSSR count). The van der Waals surface area contributed by atoms with Crippen molar-refractivity contribution in [2.24, 2.45) is 17.9 Å². The first-order valence-corrected chi connectivity index (χ1v) is 8.02. The lowest BCUT2D eigenvalue weighted by molar-refractivity contribution is 0.0248. The van der Waals surface area contributed by atoms with E-state index < -0.39 is 0 Å². The van der Waals surface area contributed by atoms with Crippen molar-refractivity contribution in [1.29, 1.82) is 0 Å². The second-order valence-corrected chi connectivity index (χ2v) is 8.66. The zero-order valence-electron chi connectivity index (χ0n) is 14.8. The summed E-state index contributed by atoms with van der Waals surface area (Å²) in [6, 6.07) is 1.09. The summed E-state index contributed by atoms with van der Waals surface area (Å²) >= 11 is 0. The van der Waals surface area contributed by atoms with E-state index in [0.717, 1.165) is 19.6 Å². The summed E-state index contributed by atoms with van der Waals surface area (Å²) in [7, 11) is 1.99. The van der Waals surface area contributed by atoms with Crippen LogP contribution in [0, 0.1) is 10.8 Å². The SMILES string of the molecule is Cn1cc(CN2CC(C(C)(C)C)NCC2C(C)(C)C)cn1. The minimum Gasteiger partial charge on any atom is -0.311 e. The Hall–Kier alpha value is -0.870. The molecule has 2 heterocycles. The molecule has 21 heavy (non-hydrogen) atoms. The summed E-state index contributed by atoms with van der Waals surface area (Å²) in [6.07, 6.45) is 4.13. The predicted octanol–water partition coefficient (Wildman–Crippen LogP) is 2.65. The molecular formula is C17H32N4. The number of nitrogens with zero attached hydrogens (tertiary/aromatic N) is 3.